The van der Waals surface area contributed by atoms with E-state index in [1.165, 1.54) is 25.0 Å². The molecule has 1 aliphatic rings. The molecule has 6 heteroatoms. The van der Waals surface area contributed by atoms with Crippen molar-refractivity contribution in [2.45, 2.75) is 32.8 Å². The molecule has 1 saturated heterocycles. The van der Waals surface area contributed by atoms with Crippen LogP contribution in [-0.4, -0.2) is 49.1 Å². The van der Waals surface area contributed by atoms with E-state index in [2.05, 4.69) is 15.2 Å². The van der Waals surface area contributed by atoms with Crippen molar-refractivity contribution in [2.75, 3.05) is 26.2 Å². The van der Waals surface area contributed by atoms with E-state index in [0.29, 0.717) is 6.54 Å². The summed E-state index contributed by atoms with van der Waals surface area (Å²) in [5, 5.41) is 2.56. The van der Waals surface area contributed by atoms with Gasteiger partial charge >= 0.3 is 0 Å². The van der Waals surface area contributed by atoms with E-state index >= 15 is 0 Å². The number of halogens is 1. The average Bonchev–Trinajstić information content (AvgIpc) is 3.00. The summed E-state index contributed by atoms with van der Waals surface area (Å²) in [7, 11) is 0. The minimum Gasteiger partial charge on any atom is -0.462 e. The number of nitrogens with one attached hydrogen (secondary N) is 1. The molecular formula is C17H24FN3O2. The van der Waals surface area contributed by atoms with Gasteiger partial charge in [0.1, 0.15) is 5.82 Å². The highest BCUT2D eigenvalue weighted by atomic mass is 19.1. The van der Waals surface area contributed by atoms with Crippen molar-refractivity contribution in [3.8, 4) is 0 Å². The number of benzene rings is 1. The second-order valence-electron chi connectivity index (χ2n) is 5.84. The number of hydrogen-bond donors (Lipinski definition) is 1. The molecule has 0 radical (unpaired) electrons. The molecule has 0 aromatic heterocycles. The Balaban J connectivity index is 1.96. The Bertz CT molecular complexity index is 555. The Kier molecular flexibility index (Phi) is 6.52. The zero-order valence-corrected chi connectivity index (χ0v) is 13.7. The summed E-state index contributed by atoms with van der Waals surface area (Å²) < 4.78 is 19.2. The standard InChI is InChI=1S/C17H24FN3O2/c1-13(2)23-17(19-9-12-21-10-5-6-11-21)20-16(22)14-7-3-4-8-15(14)18/h3-4,7-8,13H,5-6,9-12H2,1-2H3,(H,19,20,22). The van der Waals surface area contributed by atoms with Gasteiger partial charge in [-0.2, -0.15) is 0 Å². The van der Waals surface area contributed by atoms with E-state index in [4.69, 9.17) is 4.74 Å². The van der Waals surface area contributed by atoms with Gasteiger partial charge in [0.05, 0.1) is 18.2 Å². The molecule has 2 rings (SSSR count). The largest absolute Gasteiger partial charge is 0.462 e. The molecule has 1 aromatic carbocycles. The zero-order valence-electron chi connectivity index (χ0n) is 13.7. The Morgan fingerprint density at radius 3 is 2.70 bits per heavy atom. The van der Waals surface area contributed by atoms with Crippen LogP contribution < -0.4 is 5.32 Å². The van der Waals surface area contributed by atoms with Crippen LogP contribution in [0, 0.1) is 5.82 Å². The summed E-state index contributed by atoms with van der Waals surface area (Å²) in [6, 6.07) is 5.99. The van der Waals surface area contributed by atoms with Crippen molar-refractivity contribution in [1.29, 1.82) is 0 Å². The first-order valence-electron chi connectivity index (χ1n) is 8.05. The molecule has 5 nitrogen and oxygen atoms in total. The Hall–Kier alpha value is -1.95. The molecular weight excluding hydrogens is 297 g/mol. The van der Waals surface area contributed by atoms with Crippen molar-refractivity contribution < 1.29 is 13.9 Å². The van der Waals surface area contributed by atoms with Crippen LogP contribution in [0.1, 0.15) is 37.0 Å². The van der Waals surface area contributed by atoms with Gasteiger partial charge in [-0.1, -0.05) is 12.1 Å². The van der Waals surface area contributed by atoms with Gasteiger partial charge in [-0.3, -0.25) is 10.1 Å². The number of carbonyl (C=O) groups excluding carboxylic acids is 1. The summed E-state index contributed by atoms with van der Waals surface area (Å²) in [4.78, 5) is 18.8. The number of rotatable bonds is 5. The van der Waals surface area contributed by atoms with Crippen LogP contribution in [0.25, 0.3) is 0 Å². The van der Waals surface area contributed by atoms with Gasteiger partial charge in [-0.25, -0.2) is 9.38 Å². The third-order valence-corrected chi connectivity index (χ3v) is 3.56. The monoisotopic (exact) mass is 321 g/mol. The van der Waals surface area contributed by atoms with Gasteiger partial charge in [0.25, 0.3) is 11.9 Å². The SMILES string of the molecule is CC(C)OC(=NCCN1CCCC1)NC(=O)c1ccccc1F. The number of nitrogens with zero attached hydrogens (tertiary/aromatic N) is 2. The molecule has 0 bridgehead atoms. The second kappa shape index (κ2) is 8.62. The first kappa shape index (κ1) is 17.4. The average molecular weight is 321 g/mol. The highest BCUT2D eigenvalue weighted by Crippen LogP contribution is 2.07. The maximum atomic E-state index is 13.7. The number of aliphatic imine (C=N–C) groups is 1. The first-order valence-corrected chi connectivity index (χ1v) is 8.05. The van der Waals surface area contributed by atoms with E-state index in [1.54, 1.807) is 12.1 Å². The van der Waals surface area contributed by atoms with E-state index in [1.807, 2.05) is 13.8 Å². The summed E-state index contributed by atoms with van der Waals surface area (Å²) in [5.41, 5.74) is -0.0212. The summed E-state index contributed by atoms with van der Waals surface area (Å²) in [6.45, 7) is 7.27. The smallest absolute Gasteiger partial charge is 0.291 e. The Morgan fingerprint density at radius 2 is 2.04 bits per heavy atom. The van der Waals surface area contributed by atoms with Gasteiger partial charge in [0.2, 0.25) is 0 Å². The van der Waals surface area contributed by atoms with Gasteiger partial charge in [-0.05, 0) is 51.9 Å². The predicted octanol–water partition coefficient (Wildman–Crippen LogP) is 2.43. The quantitative estimate of drug-likeness (QED) is 0.669. The fourth-order valence-corrected chi connectivity index (χ4v) is 2.44. The molecule has 0 unspecified atom stereocenters. The second-order valence-corrected chi connectivity index (χ2v) is 5.84. The molecule has 0 aliphatic carbocycles. The summed E-state index contributed by atoms with van der Waals surface area (Å²) >= 11 is 0. The number of carbonyl (C=O) groups is 1. The van der Waals surface area contributed by atoms with Crippen LogP contribution in [0.2, 0.25) is 0 Å². The molecule has 0 spiro atoms. The number of hydrogen-bond acceptors (Lipinski definition) is 4. The lowest BCUT2D eigenvalue weighted by Crippen LogP contribution is -2.35. The highest BCUT2D eigenvalue weighted by Gasteiger charge is 2.15. The van der Waals surface area contributed by atoms with Gasteiger partial charge < -0.3 is 9.64 Å². The molecule has 0 saturated carbocycles. The lowest BCUT2D eigenvalue weighted by atomic mass is 10.2. The Labute approximate surface area is 136 Å². The van der Waals surface area contributed by atoms with Crippen LogP contribution in [-0.2, 0) is 4.74 Å². The normalized spacial score (nSPS) is 15.9. The summed E-state index contributed by atoms with van der Waals surface area (Å²) in [6.07, 6.45) is 2.33. The molecule has 126 valence electrons. The molecule has 0 atom stereocenters. The van der Waals surface area contributed by atoms with Crippen LogP contribution >= 0.6 is 0 Å². The van der Waals surface area contributed by atoms with Gasteiger partial charge in [-0.15, -0.1) is 0 Å². The Morgan fingerprint density at radius 1 is 1.35 bits per heavy atom. The maximum Gasteiger partial charge on any atom is 0.291 e. The van der Waals surface area contributed by atoms with E-state index < -0.39 is 11.7 Å². The maximum absolute atomic E-state index is 13.7. The first-order chi connectivity index (χ1) is 11.1. The molecule has 1 amide bonds. The molecule has 1 fully saturated rings. The fourth-order valence-electron chi connectivity index (χ4n) is 2.44. The molecule has 1 N–H and O–H groups in total. The number of ether oxygens (including phenoxy) is 1. The van der Waals surface area contributed by atoms with E-state index in [0.717, 1.165) is 19.6 Å². The lowest BCUT2D eigenvalue weighted by Gasteiger charge is -2.15. The number of amidine groups is 1. The third-order valence-electron chi connectivity index (χ3n) is 3.56. The lowest BCUT2D eigenvalue weighted by molar-refractivity contribution is 0.0955. The van der Waals surface area contributed by atoms with Crippen molar-refractivity contribution in [2.24, 2.45) is 4.99 Å². The van der Waals surface area contributed by atoms with Crippen molar-refractivity contribution in [3.05, 3.63) is 35.6 Å². The number of amides is 1. The minimum atomic E-state index is -0.564. The van der Waals surface area contributed by atoms with E-state index in [9.17, 15) is 9.18 Å². The fraction of sp³-hybridized carbons (Fsp3) is 0.529. The number of likely N-dealkylation sites (tertiary alicyclic amines) is 1. The van der Waals surface area contributed by atoms with Crippen LogP contribution in [0.15, 0.2) is 29.3 Å². The molecule has 1 aliphatic heterocycles. The summed E-state index contributed by atoms with van der Waals surface area (Å²) in [5.74, 6) is -1.12. The third kappa shape index (κ3) is 5.63. The van der Waals surface area contributed by atoms with Crippen LogP contribution in [0.4, 0.5) is 4.39 Å². The zero-order chi connectivity index (χ0) is 16.7. The van der Waals surface area contributed by atoms with Crippen LogP contribution in [0.3, 0.4) is 0 Å². The van der Waals surface area contributed by atoms with Crippen LogP contribution in [0.5, 0.6) is 0 Å². The van der Waals surface area contributed by atoms with Crippen molar-refractivity contribution >= 4 is 11.9 Å². The molecule has 23 heavy (non-hydrogen) atoms. The van der Waals surface area contributed by atoms with Crippen molar-refractivity contribution in [3.63, 3.8) is 0 Å². The molecule has 1 aromatic rings. The van der Waals surface area contributed by atoms with Gasteiger partial charge in [0.15, 0.2) is 0 Å². The molecule has 1 heterocycles. The minimum absolute atomic E-state index is 0.0212. The van der Waals surface area contributed by atoms with E-state index in [-0.39, 0.29) is 17.7 Å². The highest BCUT2D eigenvalue weighted by molar-refractivity contribution is 6.04. The topological polar surface area (TPSA) is 53.9 Å². The van der Waals surface area contributed by atoms with Crippen molar-refractivity contribution in [1.82, 2.24) is 10.2 Å². The predicted molar refractivity (Wildman–Crippen MR) is 88.1 cm³/mol. The van der Waals surface area contributed by atoms with Gasteiger partial charge in [0, 0.05) is 6.54 Å².